The summed E-state index contributed by atoms with van der Waals surface area (Å²) in [5.74, 6) is 1.10. The minimum absolute atomic E-state index is 0.0203. The lowest BCUT2D eigenvalue weighted by Gasteiger charge is -2.31. The fourth-order valence-electron chi connectivity index (χ4n) is 4.57. The van der Waals surface area contributed by atoms with E-state index < -0.39 is 0 Å². The summed E-state index contributed by atoms with van der Waals surface area (Å²) in [5.41, 5.74) is 4.15. The largest absolute Gasteiger partial charge is 0.326 e. The average molecular weight is 459 g/mol. The van der Waals surface area contributed by atoms with Crippen molar-refractivity contribution in [2.24, 2.45) is 5.92 Å². The molecule has 4 aromatic rings. The first kappa shape index (κ1) is 21.7. The summed E-state index contributed by atoms with van der Waals surface area (Å²) in [4.78, 5) is 20.2. The number of nitrogens with one attached hydrogen (secondary N) is 1. The standard InChI is InChI=1S/C27H27ClN4O/c28-22-14-12-20(13-15-22)17-32-25-11-5-4-10-24(25)30-26(32)19-31-16-6-7-21(18-31)27(33)29-23-8-2-1-3-9-23/h1-5,8-15,21H,6-7,16-19H2,(H,29,33)/t21-/m0/s1. The van der Waals surface area contributed by atoms with Crippen LogP contribution >= 0.6 is 11.6 Å². The third-order valence-corrected chi connectivity index (χ3v) is 6.52. The van der Waals surface area contributed by atoms with Crippen molar-refractivity contribution >= 4 is 34.2 Å². The molecule has 5 rings (SSSR count). The van der Waals surface area contributed by atoms with Gasteiger partial charge < -0.3 is 9.88 Å². The number of fused-ring (bicyclic) bond motifs is 1. The topological polar surface area (TPSA) is 50.2 Å². The van der Waals surface area contributed by atoms with E-state index in [0.717, 1.165) is 66.6 Å². The van der Waals surface area contributed by atoms with Gasteiger partial charge in [-0.2, -0.15) is 0 Å². The Bertz CT molecular complexity index is 1240. The van der Waals surface area contributed by atoms with Crippen LogP contribution in [0.5, 0.6) is 0 Å². The van der Waals surface area contributed by atoms with E-state index in [4.69, 9.17) is 16.6 Å². The molecular weight excluding hydrogens is 432 g/mol. The summed E-state index contributed by atoms with van der Waals surface area (Å²) in [7, 11) is 0. The molecule has 0 unspecified atom stereocenters. The number of benzene rings is 3. The van der Waals surface area contributed by atoms with Gasteiger partial charge in [0.2, 0.25) is 5.91 Å². The van der Waals surface area contributed by atoms with E-state index in [9.17, 15) is 4.79 Å². The molecule has 5 nitrogen and oxygen atoms in total. The molecule has 1 atom stereocenters. The normalized spacial score (nSPS) is 16.7. The van der Waals surface area contributed by atoms with Crippen LogP contribution in [0.3, 0.4) is 0 Å². The van der Waals surface area contributed by atoms with Gasteiger partial charge in [0.25, 0.3) is 0 Å². The molecule has 1 aliphatic heterocycles. The summed E-state index contributed by atoms with van der Waals surface area (Å²) in [5, 5.41) is 3.81. The van der Waals surface area contributed by atoms with Crippen molar-refractivity contribution in [1.82, 2.24) is 14.5 Å². The van der Waals surface area contributed by atoms with Crippen LogP contribution in [0.1, 0.15) is 24.2 Å². The van der Waals surface area contributed by atoms with Crippen molar-refractivity contribution < 1.29 is 4.79 Å². The van der Waals surface area contributed by atoms with Gasteiger partial charge in [0, 0.05) is 23.8 Å². The fraction of sp³-hybridized carbons (Fsp3) is 0.259. The monoisotopic (exact) mass is 458 g/mol. The highest BCUT2D eigenvalue weighted by molar-refractivity contribution is 6.30. The number of hydrogen-bond donors (Lipinski definition) is 1. The number of likely N-dealkylation sites (tertiary alicyclic amines) is 1. The predicted molar refractivity (Wildman–Crippen MR) is 133 cm³/mol. The van der Waals surface area contributed by atoms with Gasteiger partial charge in [0.15, 0.2) is 0 Å². The molecule has 168 valence electrons. The molecule has 1 amide bonds. The number of carbonyl (C=O) groups is 1. The molecule has 1 fully saturated rings. The third-order valence-electron chi connectivity index (χ3n) is 6.27. The minimum atomic E-state index is -0.0203. The number of hydrogen-bond acceptors (Lipinski definition) is 3. The Labute approximate surface area is 199 Å². The van der Waals surface area contributed by atoms with E-state index in [2.05, 4.69) is 45.1 Å². The molecule has 0 saturated carbocycles. The van der Waals surface area contributed by atoms with Crippen molar-refractivity contribution in [3.05, 3.63) is 95.3 Å². The van der Waals surface area contributed by atoms with Gasteiger partial charge >= 0.3 is 0 Å². The highest BCUT2D eigenvalue weighted by Gasteiger charge is 2.27. The molecule has 3 aromatic carbocycles. The van der Waals surface area contributed by atoms with Crippen molar-refractivity contribution in [1.29, 1.82) is 0 Å². The molecule has 0 radical (unpaired) electrons. The molecule has 33 heavy (non-hydrogen) atoms. The van der Waals surface area contributed by atoms with E-state index in [1.807, 2.05) is 48.5 Å². The van der Waals surface area contributed by atoms with E-state index in [1.54, 1.807) is 0 Å². The van der Waals surface area contributed by atoms with Crippen LogP contribution in [0.4, 0.5) is 5.69 Å². The Morgan fingerprint density at radius 2 is 1.73 bits per heavy atom. The maximum atomic E-state index is 12.9. The first-order valence-electron chi connectivity index (χ1n) is 11.4. The second-order valence-electron chi connectivity index (χ2n) is 8.66. The Morgan fingerprint density at radius 1 is 0.970 bits per heavy atom. The van der Waals surface area contributed by atoms with E-state index >= 15 is 0 Å². The molecule has 0 bridgehead atoms. The summed E-state index contributed by atoms with van der Waals surface area (Å²) in [6, 6.07) is 25.9. The smallest absolute Gasteiger partial charge is 0.228 e. The number of nitrogens with zero attached hydrogens (tertiary/aromatic N) is 3. The van der Waals surface area contributed by atoms with Gasteiger partial charge in [-0.05, 0) is 61.3 Å². The lowest BCUT2D eigenvalue weighted by Crippen LogP contribution is -2.40. The van der Waals surface area contributed by atoms with Crippen molar-refractivity contribution in [3.8, 4) is 0 Å². The average Bonchev–Trinajstić information content (AvgIpc) is 3.18. The summed E-state index contributed by atoms with van der Waals surface area (Å²) in [6.45, 7) is 3.16. The van der Waals surface area contributed by atoms with Gasteiger partial charge in [0.05, 0.1) is 23.5 Å². The van der Waals surface area contributed by atoms with Crippen molar-refractivity contribution in [3.63, 3.8) is 0 Å². The van der Waals surface area contributed by atoms with Crippen LogP contribution in [0.2, 0.25) is 5.02 Å². The summed E-state index contributed by atoms with van der Waals surface area (Å²) < 4.78 is 2.28. The zero-order valence-electron chi connectivity index (χ0n) is 18.5. The zero-order valence-corrected chi connectivity index (χ0v) is 19.2. The molecule has 2 heterocycles. The molecule has 1 aromatic heterocycles. The molecule has 6 heteroatoms. The lowest BCUT2D eigenvalue weighted by molar-refractivity contribution is -0.121. The Balaban J connectivity index is 1.34. The molecule has 1 aliphatic rings. The van der Waals surface area contributed by atoms with E-state index in [0.29, 0.717) is 0 Å². The number of anilines is 1. The Hall–Kier alpha value is -3.15. The van der Waals surface area contributed by atoms with Crippen LogP contribution in [-0.4, -0.2) is 33.4 Å². The van der Waals surface area contributed by atoms with Crippen LogP contribution in [-0.2, 0) is 17.9 Å². The van der Waals surface area contributed by atoms with Crippen LogP contribution < -0.4 is 5.32 Å². The quantitative estimate of drug-likeness (QED) is 0.410. The second-order valence-corrected chi connectivity index (χ2v) is 9.10. The fourth-order valence-corrected chi connectivity index (χ4v) is 4.70. The van der Waals surface area contributed by atoms with Crippen LogP contribution in [0.15, 0.2) is 78.9 Å². The lowest BCUT2D eigenvalue weighted by atomic mass is 9.97. The molecule has 0 aliphatic carbocycles. The number of para-hydroxylation sites is 3. The second kappa shape index (κ2) is 9.77. The Kier molecular flexibility index (Phi) is 6.42. The first-order chi connectivity index (χ1) is 16.2. The highest BCUT2D eigenvalue weighted by Crippen LogP contribution is 2.24. The van der Waals surface area contributed by atoms with Gasteiger partial charge in [-0.1, -0.05) is 54.1 Å². The number of halogens is 1. The van der Waals surface area contributed by atoms with Crippen LogP contribution in [0, 0.1) is 5.92 Å². The maximum Gasteiger partial charge on any atom is 0.228 e. The number of imidazole rings is 1. The van der Waals surface area contributed by atoms with E-state index in [-0.39, 0.29) is 11.8 Å². The summed E-state index contributed by atoms with van der Waals surface area (Å²) in [6.07, 6.45) is 1.92. The molecule has 0 spiro atoms. The minimum Gasteiger partial charge on any atom is -0.326 e. The zero-order chi connectivity index (χ0) is 22.6. The van der Waals surface area contributed by atoms with Crippen molar-refractivity contribution in [2.75, 3.05) is 18.4 Å². The molecular formula is C27H27ClN4O. The van der Waals surface area contributed by atoms with Gasteiger partial charge in [0.1, 0.15) is 5.82 Å². The van der Waals surface area contributed by atoms with E-state index in [1.165, 1.54) is 5.56 Å². The van der Waals surface area contributed by atoms with Gasteiger partial charge in [-0.25, -0.2) is 4.98 Å². The summed E-state index contributed by atoms with van der Waals surface area (Å²) >= 11 is 6.08. The number of amides is 1. The highest BCUT2D eigenvalue weighted by atomic mass is 35.5. The third kappa shape index (κ3) is 5.10. The number of rotatable bonds is 6. The van der Waals surface area contributed by atoms with Crippen LogP contribution in [0.25, 0.3) is 11.0 Å². The molecule has 1 N–H and O–H groups in total. The maximum absolute atomic E-state index is 12.9. The SMILES string of the molecule is O=C(Nc1ccccc1)[C@H]1CCCN(Cc2nc3ccccc3n2Cc2ccc(Cl)cc2)C1. The first-order valence-corrected chi connectivity index (χ1v) is 11.8. The van der Waals surface area contributed by atoms with Gasteiger partial charge in [-0.15, -0.1) is 0 Å². The number of carbonyl (C=O) groups excluding carboxylic acids is 1. The number of piperidine rings is 1. The number of aromatic nitrogens is 2. The molecule has 1 saturated heterocycles. The van der Waals surface area contributed by atoms with Crippen molar-refractivity contribution in [2.45, 2.75) is 25.9 Å². The van der Waals surface area contributed by atoms with Gasteiger partial charge in [-0.3, -0.25) is 9.69 Å². The predicted octanol–water partition coefficient (Wildman–Crippen LogP) is 5.59. The Morgan fingerprint density at radius 3 is 2.55 bits per heavy atom.